The average Bonchev–Trinajstić information content (AvgIpc) is 4.03. The quantitative estimate of drug-likeness (QED) is 0.0417. The summed E-state index contributed by atoms with van der Waals surface area (Å²) in [6.07, 6.45) is 26.8. The van der Waals surface area contributed by atoms with E-state index in [-0.39, 0.29) is 62.3 Å². The second kappa shape index (κ2) is 14.3. The van der Waals surface area contributed by atoms with Gasteiger partial charge in [-0.1, -0.05) is 91.8 Å². The van der Waals surface area contributed by atoms with Crippen molar-refractivity contribution >= 4 is 22.9 Å². The minimum Gasteiger partial charge on any atom is -0.507 e. The van der Waals surface area contributed by atoms with Crippen molar-refractivity contribution < 1.29 is 30.6 Å². The molecule has 5 aromatic rings. The number of aliphatic hydroxyl groups is 1. The molecule has 304 valence electrons. The van der Waals surface area contributed by atoms with Gasteiger partial charge in [-0.25, -0.2) is 4.98 Å². The molecule has 59 heavy (non-hydrogen) atoms. The predicted octanol–water partition coefficient (Wildman–Crippen LogP) is 8.93. The molecule has 8 N–H and O–H groups in total. The third-order valence-corrected chi connectivity index (χ3v) is 15.6. The molecule has 0 aliphatic heterocycles. The molecular formula is C50H53N3O6. The van der Waals surface area contributed by atoms with Crippen LogP contribution in [0.2, 0.25) is 0 Å². The van der Waals surface area contributed by atoms with Crippen LogP contribution >= 0.6 is 0 Å². The lowest BCUT2D eigenvalue weighted by atomic mass is 9.35. The largest absolute Gasteiger partial charge is 0.507 e. The Hall–Kier alpha value is -5.51. The molecule has 0 saturated heterocycles. The summed E-state index contributed by atoms with van der Waals surface area (Å²) >= 11 is 0. The number of rotatable bonds is 9. The van der Waals surface area contributed by atoms with Gasteiger partial charge >= 0.3 is 0 Å². The topological polar surface area (TPSA) is 162 Å². The van der Waals surface area contributed by atoms with Gasteiger partial charge in [0.25, 0.3) is 0 Å². The number of nitrogens with zero attached hydrogens (tertiary/aromatic N) is 1. The molecular weight excluding hydrogens is 739 g/mol. The Morgan fingerprint density at radius 3 is 2.36 bits per heavy atom. The van der Waals surface area contributed by atoms with E-state index in [1.54, 1.807) is 30.4 Å². The number of imidazole rings is 1. The van der Waals surface area contributed by atoms with E-state index >= 15 is 0 Å². The number of phenolic OH excluding ortho intramolecular Hbond substituents is 5. The standard InChI is InChI=1S/C50H53N3O6/c54-38-19-14-31(26-41(38)57)13-17-35-36-6-1-7-39(55)44(36)46(59)45(58)37(35)18-12-30-8-10-32(11-9-30)27-52-42-21-16-34-5-3-23-49(34)25-24-48-22-2-4-33(48)15-20-40(56)47(48)50(42,49)43-28-51-29-53-43/h1,6-11,13-17,19-21,26,28-29,33-34,40,42,47,52,54-59H,2-5,12,18,22-25,27H2,(H,51,53). The Morgan fingerprint density at radius 2 is 1.54 bits per heavy atom. The highest BCUT2D eigenvalue weighted by Gasteiger charge is 2.74. The summed E-state index contributed by atoms with van der Waals surface area (Å²) in [5.41, 5.74) is 4.96. The normalized spacial score (nSPS) is 30.7. The molecule has 5 aliphatic carbocycles. The third-order valence-electron chi connectivity index (χ3n) is 15.6. The van der Waals surface area contributed by atoms with E-state index < -0.39 is 6.10 Å². The van der Waals surface area contributed by atoms with Crippen LogP contribution in [0.1, 0.15) is 84.9 Å². The Bertz CT molecular complexity index is 2490. The summed E-state index contributed by atoms with van der Waals surface area (Å²) < 4.78 is 0. The SMILES string of the molecule is Oc1ccc(C=Cc2c(CCc3ccc(CNC4C=CC5CCCC56CCC57CCCC5C=CC(O)C7C46c4cnc[nH]4)cc3)c(O)c(O)c3c(O)cccc23)cc1O. The van der Waals surface area contributed by atoms with Crippen LogP contribution in [-0.4, -0.2) is 52.8 Å². The monoisotopic (exact) mass is 791 g/mol. The second-order valence-electron chi connectivity index (χ2n) is 18.0. The highest BCUT2D eigenvalue weighted by molar-refractivity contribution is 6.03. The highest BCUT2D eigenvalue weighted by atomic mass is 16.3. The summed E-state index contributed by atoms with van der Waals surface area (Å²) in [5.74, 6) is -0.199. The van der Waals surface area contributed by atoms with Crippen LogP contribution < -0.4 is 5.32 Å². The first-order valence-electron chi connectivity index (χ1n) is 21.4. The molecule has 9 heteroatoms. The lowest BCUT2D eigenvalue weighted by Gasteiger charge is -2.69. The number of aliphatic hydroxyl groups excluding tert-OH is 1. The van der Waals surface area contributed by atoms with Crippen molar-refractivity contribution in [3.63, 3.8) is 0 Å². The van der Waals surface area contributed by atoms with Gasteiger partial charge in [-0.2, -0.15) is 0 Å². The first-order chi connectivity index (χ1) is 28.7. The van der Waals surface area contributed by atoms with Crippen molar-refractivity contribution in [2.45, 2.75) is 88.3 Å². The number of phenols is 5. The van der Waals surface area contributed by atoms with E-state index in [0.29, 0.717) is 53.3 Å². The fourth-order valence-electron chi connectivity index (χ4n) is 13.2. The average molecular weight is 792 g/mol. The molecule has 0 bridgehead atoms. The number of benzene rings is 4. The van der Waals surface area contributed by atoms with E-state index in [4.69, 9.17) is 0 Å². The van der Waals surface area contributed by atoms with Gasteiger partial charge < -0.3 is 40.9 Å². The van der Waals surface area contributed by atoms with Crippen LogP contribution in [0, 0.1) is 28.6 Å². The number of fused-ring (bicyclic) bond motifs is 2. The van der Waals surface area contributed by atoms with Crippen molar-refractivity contribution in [1.82, 2.24) is 15.3 Å². The van der Waals surface area contributed by atoms with Gasteiger partial charge in [0.1, 0.15) is 5.75 Å². The molecule has 8 atom stereocenters. The van der Waals surface area contributed by atoms with E-state index in [2.05, 4.69) is 70.1 Å². The summed E-state index contributed by atoms with van der Waals surface area (Å²) in [6, 6.07) is 18.1. The third kappa shape index (κ3) is 5.68. The van der Waals surface area contributed by atoms with Gasteiger partial charge in [-0.15, -0.1) is 0 Å². The Labute approximate surface area is 344 Å². The molecule has 0 radical (unpaired) electrons. The lowest BCUT2D eigenvalue weighted by molar-refractivity contribution is -0.159. The van der Waals surface area contributed by atoms with Crippen molar-refractivity contribution in [3.8, 4) is 28.7 Å². The van der Waals surface area contributed by atoms with Crippen molar-refractivity contribution in [3.05, 3.63) is 131 Å². The zero-order chi connectivity index (χ0) is 40.5. The molecule has 1 heterocycles. The molecule has 3 saturated carbocycles. The Morgan fingerprint density at radius 1 is 0.746 bits per heavy atom. The fourth-order valence-corrected chi connectivity index (χ4v) is 13.2. The fraction of sp³-hybridized carbons (Fsp3) is 0.380. The molecule has 10 rings (SSSR count). The van der Waals surface area contributed by atoms with Crippen LogP contribution in [0.3, 0.4) is 0 Å². The first kappa shape index (κ1) is 37.7. The number of aromatic nitrogens is 2. The first-order valence-corrected chi connectivity index (χ1v) is 21.4. The number of aromatic hydroxyl groups is 5. The number of hydrogen-bond donors (Lipinski definition) is 8. The number of aryl methyl sites for hydroxylation is 1. The maximum absolute atomic E-state index is 12.2. The lowest BCUT2D eigenvalue weighted by Crippen LogP contribution is -2.72. The minimum atomic E-state index is -0.520. The number of hydrogen-bond acceptors (Lipinski definition) is 8. The van der Waals surface area contributed by atoms with Crippen LogP contribution in [-0.2, 0) is 24.8 Å². The van der Waals surface area contributed by atoms with E-state index in [9.17, 15) is 30.6 Å². The maximum atomic E-state index is 12.2. The Balaban J connectivity index is 0.935. The molecule has 4 aromatic carbocycles. The van der Waals surface area contributed by atoms with Gasteiger partial charge in [-0.3, -0.25) is 0 Å². The van der Waals surface area contributed by atoms with Crippen molar-refractivity contribution in [1.29, 1.82) is 0 Å². The minimum absolute atomic E-state index is 0.00145. The van der Waals surface area contributed by atoms with Crippen LogP contribution in [0.5, 0.6) is 28.7 Å². The molecule has 3 fully saturated rings. The summed E-state index contributed by atoms with van der Waals surface area (Å²) in [4.78, 5) is 8.29. The van der Waals surface area contributed by atoms with E-state index in [1.165, 1.54) is 62.4 Å². The van der Waals surface area contributed by atoms with E-state index in [1.807, 2.05) is 6.33 Å². The van der Waals surface area contributed by atoms with Gasteiger partial charge in [-0.05, 0) is 120 Å². The number of aromatic amines is 1. The molecule has 9 nitrogen and oxygen atoms in total. The van der Waals surface area contributed by atoms with Crippen LogP contribution in [0.4, 0.5) is 0 Å². The molecule has 2 spiro atoms. The highest BCUT2D eigenvalue weighted by Crippen LogP contribution is 2.75. The molecule has 8 unspecified atom stereocenters. The maximum Gasteiger partial charge on any atom is 0.169 e. The summed E-state index contributed by atoms with van der Waals surface area (Å²) in [7, 11) is 0. The number of H-pyrrole nitrogens is 1. The van der Waals surface area contributed by atoms with Gasteiger partial charge in [0.05, 0.1) is 17.8 Å². The van der Waals surface area contributed by atoms with Gasteiger partial charge in [0, 0.05) is 41.4 Å². The summed E-state index contributed by atoms with van der Waals surface area (Å²) in [5, 5.41) is 70.0. The van der Waals surface area contributed by atoms with Crippen molar-refractivity contribution in [2.75, 3.05) is 0 Å². The van der Waals surface area contributed by atoms with Crippen molar-refractivity contribution in [2.24, 2.45) is 28.6 Å². The van der Waals surface area contributed by atoms with Crippen LogP contribution in [0.25, 0.3) is 22.9 Å². The second-order valence-corrected chi connectivity index (χ2v) is 18.0. The van der Waals surface area contributed by atoms with E-state index in [0.717, 1.165) is 24.0 Å². The zero-order valence-corrected chi connectivity index (χ0v) is 33.2. The zero-order valence-electron chi connectivity index (χ0n) is 33.2. The number of nitrogens with one attached hydrogen (secondary N) is 2. The number of allylic oxidation sites excluding steroid dienone is 2. The molecule has 0 amide bonds. The van der Waals surface area contributed by atoms with Crippen LogP contribution in [0.15, 0.2) is 97.5 Å². The summed E-state index contributed by atoms with van der Waals surface area (Å²) in [6.45, 7) is 0.658. The smallest absolute Gasteiger partial charge is 0.169 e. The van der Waals surface area contributed by atoms with Gasteiger partial charge in [0.2, 0.25) is 0 Å². The Kier molecular flexibility index (Phi) is 9.18. The van der Waals surface area contributed by atoms with Gasteiger partial charge in [0.15, 0.2) is 23.0 Å². The molecule has 5 aliphatic rings. The molecule has 1 aromatic heterocycles. The predicted molar refractivity (Wildman–Crippen MR) is 229 cm³/mol.